The molecule has 15 heteroatoms. The molecule has 3 aromatic carbocycles. The van der Waals surface area contributed by atoms with Crippen LogP contribution in [0.1, 0.15) is 100.0 Å². The van der Waals surface area contributed by atoms with Crippen LogP contribution >= 0.6 is 25.1 Å². The molecule has 3 aromatic heterocycles. The number of carbonyl (C=O) groups excluding carboxylic acids is 1. The van der Waals surface area contributed by atoms with Gasteiger partial charge < -0.3 is 34.5 Å². The molecule has 0 spiro atoms. The zero-order valence-electron chi connectivity index (χ0n) is 41.0. The second-order valence-electron chi connectivity index (χ2n) is 20.8. The third-order valence-electron chi connectivity index (χ3n) is 14.0. The maximum Gasteiger partial charge on any atom is 1.00 e. The molecule has 0 bridgehead atoms. The minimum Gasteiger partial charge on any atom is -0.457 e. The number of amides is 1. The van der Waals surface area contributed by atoms with E-state index < -0.39 is 5.60 Å². The van der Waals surface area contributed by atoms with E-state index in [1.807, 2.05) is 36.5 Å². The summed E-state index contributed by atoms with van der Waals surface area (Å²) >= 11 is 5.57. The van der Waals surface area contributed by atoms with Crippen molar-refractivity contribution in [3.8, 4) is 28.7 Å². The number of anilines is 2. The molecule has 3 fully saturated rings. The van der Waals surface area contributed by atoms with E-state index in [0.717, 1.165) is 79.1 Å². The predicted molar refractivity (Wildman–Crippen MR) is 276 cm³/mol. The molecule has 5 heterocycles. The molecule has 365 valence electrons. The van der Waals surface area contributed by atoms with Gasteiger partial charge in [0.15, 0.2) is 0 Å². The summed E-state index contributed by atoms with van der Waals surface area (Å²) in [6, 6.07) is 21.6. The van der Waals surface area contributed by atoms with E-state index in [2.05, 4.69) is 89.8 Å². The number of nitrogens with one attached hydrogen (secondary N) is 2. The minimum atomic E-state index is -1.05. The quantitative estimate of drug-likeness (QED) is 0.114. The van der Waals surface area contributed by atoms with E-state index in [0.29, 0.717) is 39.4 Å². The zero-order valence-corrected chi connectivity index (χ0v) is 45.3. The number of pyridine rings is 1. The number of carbonyl (C=O) groups is 1. The van der Waals surface area contributed by atoms with Gasteiger partial charge >= 0.3 is 19.8 Å². The first-order valence-corrected chi connectivity index (χ1v) is 23.6. The average molecular weight is 1150 g/mol. The van der Waals surface area contributed by atoms with Crippen LogP contribution in [0, 0.1) is 53.9 Å². The van der Waals surface area contributed by atoms with Crippen molar-refractivity contribution in [1.82, 2.24) is 24.8 Å². The second-order valence-corrected chi connectivity index (χ2v) is 21.2. The van der Waals surface area contributed by atoms with Crippen LogP contribution in [-0.4, -0.2) is 62.8 Å². The van der Waals surface area contributed by atoms with E-state index in [9.17, 15) is 14.7 Å². The first-order valence-electron chi connectivity index (χ1n) is 23.2. The van der Waals surface area contributed by atoms with Crippen LogP contribution in [0.15, 0.2) is 84.2 Å². The summed E-state index contributed by atoms with van der Waals surface area (Å²) in [6.07, 6.45) is 11.6. The molecule has 0 atom stereocenters. The number of hydrogen-bond acceptors (Lipinski definition) is 9. The van der Waals surface area contributed by atoms with Crippen LogP contribution in [0.4, 0.5) is 11.5 Å². The van der Waals surface area contributed by atoms with Crippen LogP contribution in [0.5, 0.6) is 11.5 Å². The van der Waals surface area contributed by atoms with Gasteiger partial charge in [0.2, 0.25) is 0 Å². The molecule has 1 saturated carbocycles. The standard InChI is InChI=1S/C47H59N7O4.C7H3ClN.Os.H2S/c1-28-18-33(58-38-11-10-32(47(7,8)57)21-35(38)36-26-52(9)43(56)40-34(36)12-15-48-40)19-29(2)41(28)54-24-31(25-54)20-30-13-16-53(17-14-30)39-23-49-37(22-50-39)42(55)51-44-45(3,4)27-46(44,5)6;8-7-4-2-1-3-6(7)5-9;;/h10-12,15,18-19,21-23,26,30-31,44,48,57H,13-14,16-17,20,24-25,27H2,1-9H3,(H,51,55);1,3-4H;;1H2/q;-1;+1;. The van der Waals surface area contributed by atoms with Crippen LogP contribution in [-0.2, 0) is 32.4 Å². The first-order chi connectivity index (χ1) is 31.7. The van der Waals surface area contributed by atoms with Crippen molar-refractivity contribution in [2.45, 2.75) is 92.7 Å². The number of aliphatic hydroxyl groups is 1. The van der Waals surface area contributed by atoms with Crippen LogP contribution in [0.3, 0.4) is 0 Å². The Morgan fingerprint density at radius 1 is 1.00 bits per heavy atom. The van der Waals surface area contributed by atoms with Crippen molar-refractivity contribution in [3.05, 3.63) is 129 Å². The summed E-state index contributed by atoms with van der Waals surface area (Å²) in [5.41, 5.74) is 6.45. The zero-order chi connectivity index (χ0) is 48.0. The van der Waals surface area contributed by atoms with Crippen molar-refractivity contribution in [2.75, 3.05) is 36.0 Å². The number of fused-ring (bicyclic) bond motifs is 1. The maximum atomic E-state index is 13.0. The van der Waals surface area contributed by atoms with Gasteiger partial charge in [0.1, 0.15) is 28.5 Å². The molecule has 9 rings (SSSR count). The van der Waals surface area contributed by atoms with E-state index in [-0.39, 0.29) is 61.6 Å². The molecule has 3 aliphatic rings. The van der Waals surface area contributed by atoms with Crippen molar-refractivity contribution in [1.29, 1.82) is 5.26 Å². The summed E-state index contributed by atoms with van der Waals surface area (Å²) in [7, 11) is 1.75. The fraction of sp³-hybridized carbons (Fsp3) is 0.426. The molecule has 1 radical (unpaired) electrons. The number of aromatic nitrogens is 4. The third-order valence-corrected chi connectivity index (χ3v) is 14.3. The second kappa shape index (κ2) is 21.0. The number of nitrogens with zero attached hydrogens (tertiary/aromatic N) is 6. The molecule has 2 aliphatic heterocycles. The van der Waals surface area contributed by atoms with Gasteiger partial charge in [-0.3, -0.25) is 9.59 Å². The van der Waals surface area contributed by atoms with Gasteiger partial charge in [0, 0.05) is 73.9 Å². The fourth-order valence-corrected chi connectivity index (χ4v) is 11.2. The molecule has 6 aromatic rings. The summed E-state index contributed by atoms with van der Waals surface area (Å²) < 4.78 is 8.24. The first kappa shape index (κ1) is 53.2. The van der Waals surface area contributed by atoms with Crippen LogP contribution in [0.25, 0.3) is 22.0 Å². The summed E-state index contributed by atoms with van der Waals surface area (Å²) in [6.45, 7) is 20.7. The average Bonchev–Trinajstić information content (AvgIpc) is 3.76. The third kappa shape index (κ3) is 11.4. The predicted octanol–water partition coefficient (Wildman–Crippen LogP) is 10.4. The van der Waals surface area contributed by atoms with E-state index in [1.165, 1.54) is 23.2 Å². The van der Waals surface area contributed by atoms with Crippen molar-refractivity contribution >= 4 is 53.4 Å². The van der Waals surface area contributed by atoms with Gasteiger partial charge in [0.05, 0.1) is 24.1 Å². The normalized spacial score (nSPS) is 16.7. The van der Waals surface area contributed by atoms with Gasteiger partial charge in [-0.2, -0.15) is 54.6 Å². The minimum absolute atomic E-state index is 0. The number of nitriles is 1. The van der Waals surface area contributed by atoms with Crippen LogP contribution in [0.2, 0.25) is 5.02 Å². The Morgan fingerprint density at radius 3 is 2.26 bits per heavy atom. The molecule has 1 amide bonds. The Hall–Kier alpha value is -5.17. The summed E-state index contributed by atoms with van der Waals surface area (Å²) in [5, 5.41) is 23.8. The molecule has 2 saturated heterocycles. The van der Waals surface area contributed by atoms with Gasteiger partial charge in [-0.1, -0.05) is 38.8 Å². The topological polar surface area (TPSA) is 152 Å². The number of piperidine rings is 1. The molecular formula is C54H64ClN8O4OsS. The monoisotopic (exact) mass is 1150 g/mol. The molecule has 12 nitrogen and oxygen atoms in total. The Kier molecular flexibility index (Phi) is 16.2. The number of hydrogen-bond donors (Lipinski definition) is 3. The largest absolute Gasteiger partial charge is 1.00 e. The number of halogens is 1. The Balaban J connectivity index is 0.000000641. The van der Waals surface area contributed by atoms with Crippen molar-refractivity contribution in [2.24, 2.45) is 29.7 Å². The van der Waals surface area contributed by atoms with Gasteiger partial charge in [-0.25, -0.2) is 9.97 Å². The number of aromatic amines is 1. The molecule has 3 N–H and O–H groups in total. The Morgan fingerprint density at radius 2 is 1.68 bits per heavy atom. The number of ether oxygens (including phenoxy) is 1. The van der Waals surface area contributed by atoms with Gasteiger partial charge in [-0.15, -0.1) is 0 Å². The van der Waals surface area contributed by atoms with Crippen LogP contribution < -0.4 is 25.4 Å². The smallest absolute Gasteiger partial charge is 0.457 e. The number of H-pyrrole nitrogens is 1. The maximum absolute atomic E-state index is 13.0. The molecule has 69 heavy (non-hydrogen) atoms. The van der Waals surface area contributed by atoms with E-state index >= 15 is 0 Å². The molecular weight excluding hydrogens is 1080 g/mol. The van der Waals surface area contributed by atoms with Crippen molar-refractivity contribution < 1.29 is 34.4 Å². The van der Waals surface area contributed by atoms with Gasteiger partial charge in [-0.05, 0) is 129 Å². The molecule has 0 unspecified atom stereocenters. The van der Waals surface area contributed by atoms with Crippen molar-refractivity contribution in [3.63, 3.8) is 0 Å². The number of benzene rings is 3. The molecule has 1 aliphatic carbocycles. The van der Waals surface area contributed by atoms with Gasteiger partial charge in [0.25, 0.3) is 11.5 Å². The Labute approximate surface area is 431 Å². The SMILES string of the molecule is Cc1cc(Oc2ccc(C(C)(C)O)cc2-c2cn(C)c(=O)c3[nH]ccc23)cc(C)c1N1CC(CC2CCN(c3cnc(C(=O)NC4C(C)(C)CC4(C)C)cn3)CC2)C1.N#Cc1cc[c-]cc1Cl.S.[Os+]. The fourth-order valence-electron chi connectivity index (χ4n) is 11.1. The number of rotatable bonds is 10. The summed E-state index contributed by atoms with van der Waals surface area (Å²) in [4.78, 5) is 43.0. The van der Waals surface area contributed by atoms with E-state index in [1.54, 1.807) is 62.3 Å². The Bertz CT molecular complexity index is 2870. The number of aryl methyl sites for hydroxylation is 3. The van der Waals surface area contributed by atoms with E-state index in [4.69, 9.17) is 21.6 Å². The summed E-state index contributed by atoms with van der Waals surface area (Å²) in [5.74, 6) is 3.46.